The first-order valence-electron chi connectivity index (χ1n) is 10.7. The molecular weight excluding hydrogens is 398 g/mol. The highest BCUT2D eigenvalue weighted by Crippen LogP contribution is 2.28. The van der Waals surface area contributed by atoms with E-state index in [2.05, 4.69) is 27.3 Å². The second kappa shape index (κ2) is 9.66. The molecule has 0 saturated carbocycles. The van der Waals surface area contributed by atoms with Crippen molar-refractivity contribution >= 4 is 28.3 Å². The highest BCUT2D eigenvalue weighted by atomic mass is 32.1. The van der Waals surface area contributed by atoms with Gasteiger partial charge in [0.25, 0.3) is 0 Å². The van der Waals surface area contributed by atoms with Crippen LogP contribution in [0.4, 0.5) is 5.13 Å². The Bertz CT molecular complexity index is 863. The summed E-state index contributed by atoms with van der Waals surface area (Å²) >= 11 is 1.42. The molecule has 1 unspecified atom stereocenters. The summed E-state index contributed by atoms with van der Waals surface area (Å²) in [6, 6.07) is 10.1. The fourth-order valence-corrected chi connectivity index (χ4v) is 4.93. The number of hydrogen-bond acceptors (Lipinski definition) is 6. The van der Waals surface area contributed by atoms with Gasteiger partial charge in [-0.15, -0.1) is 10.2 Å². The van der Waals surface area contributed by atoms with Gasteiger partial charge in [-0.2, -0.15) is 0 Å². The SMILES string of the molecule is CC1CCN(CCNC(=O)C2CC(=O)N(c3nnc(Cc4ccccc4)s3)C2)CC1. The normalized spacial score (nSPS) is 20.6. The van der Waals surface area contributed by atoms with Crippen molar-refractivity contribution < 1.29 is 9.59 Å². The molecule has 0 aliphatic carbocycles. The van der Waals surface area contributed by atoms with E-state index in [9.17, 15) is 9.59 Å². The van der Waals surface area contributed by atoms with E-state index in [-0.39, 0.29) is 24.2 Å². The Balaban J connectivity index is 1.26. The molecule has 1 atom stereocenters. The number of benzene rings is 1. The topological polar surface area (TPSA) is 78.4 Å². The lowest BCUT2D eigenvalue weighted by atomic mass is 9.99. The second-order valence-electron chi connectivity index (χ2n) is 8.36. The molecule has 2 aliphatic heterocycles. The molecule has 0 bridgehead atoms. The van der Waals surface area contributed by atoms with Crippen LogP contribution in [0.3, 0.4) is 0 Å². The Hall–Kier alpha value is -2.32. The lowest BCUT2D eigenvalue weighted by Crippen LogP contribution is -2.41. The molecule has 0 radical (unpaired) electrons. The van der Waals surface area contributed by atoms with Crippen molar-refractivity contribution in [3.05, 3.63) is 40.9 Å². The van der Waals surface area contributed by atoms with Crippen molar-refractivity contribution in [2.75, 3.05) is 37.6 Å². The summed E-state index contributed by atoms with van der Waals surface area (Å²) < 4.78 is 0. The molecule has 1 aromatic carbocycles. The van der Waals surface area contributed by atoms with Gasteiger partial charge in [-0.3, -0.25) is 14.5 Å². The molecule has 0 spiro atoms. The summed E-state index contributed by atoms with van der Waals surface area (Å²) in [5.41, 5.74) is 1.16. The van der Waals surface area contributed by atoms with Crippen molar-refractivity contribution in [1.29, 1.82) is 0 Å². The molecule has 2 amide bonds. The van der Waals surface area contributed by atoms with Gasteiger partial charge in [-0.05, 0) is 37.4 Å². The van der Waals surface area contributed by atoms with Gasteiger partial charge >= 0.3 is 0 Å². The van der Waals surface area contributed by atoms with Crippen molar-refractivity contribution in [3.63, 3.8) is 0 Å². The van der Waals surface area contributed by atoms with E-state index in [0.29, 0.717) is 24.6 Å². The minimum absolute atomic E-state index is 0.0368. The van der Waals surface area contributed by atoms with Crippen molar-refractivity contribution in [1.82, 2.24) is 20.4 Å². The molecule has 2 fully saturated rings. The third-order valence-electron chi connectivity index (χ3n) is 5.98. The number of anilines is 1. The van der Waals surface area contributed by atoms with E-state index in [1.807, 2.05) is 30.3 Å². The Labute approximate surface area is 181 Å². The maximum Gasteiger partial charge on any atom is 0.229 e. The number of carbonyl (C=O) groups excluding carboxylic acids is 2. The summed E-state index contributed by atoms with van der Waals surface area (Å²) in [6.45, 7) is 6.40. The minimum Gasteiger partial charge on any atom is -0.355 e. The molecule has 8 heteroatoms. The molecule has 2 aromatic rings. The van der Waals surface area contributed by atoms with Crippen LogP contribution >= 0.6 is 11.3 Å². The quantitative estimate of drug-likeness (QED) is 0.734. The highest BCUT2D eigenvalue weighted by Gasteiger charge is 2.36. The summed E-state index contributed by atoms with van der Waals surface area (Å²) in [4.78, 5) is 29.1. The Morgan fingerprint density at radius 3 is 2.73 bits per heavy atom. The molecule has 160 valence electrons. The van der Waals surface area contributed by atoms with Gasteiger partial charge in [0.1, 0.15) is 5.01 Å². The van der Waals surface area contributed by atoms with Gasteiger partial charge in [0.15, 0.2) is 0 Å². The van der Waals surface area contributed by atoms with Gasteiger partial charge < -0.3 is 10.2 Å². The first-order valence-corrected chi connectivity index (χ1v) is 11.6. The largest absolute Gasteiger partial charge is 0.355 e. The van der Waals surface area contributed by atoms with Gasteiger partial charge in [0, 0.05) is 32.5 Å². The Kier molecular flexibility index (Phi) is 6.74. The fraction of sp³-hybridized carbons (Fsp3) is 0.545. The summed E-state index contributed by atoms with van der Waals surface area (Å²) in [5.74, 6) is 0.396. The average molecular weight is 428 g/mol. The van der Waals surface area contributed by atoms with Crippen LogP contribution in [0, 0.1) is 11.8 Å². The van der Waals surface area contributed by atoms with E-state index in [1.54, 1.807) is 4.90 Å². The zero-order chi connectivity index (χ0) is 20.9. The molecule has 1 N–H and O–H groups in total. The number of carbonyl (C=O) groups is 2. The monoisotopic (exact) mass is 427 g/mol. The van der Waals surface area contributed by atoms with Crippen LogP contribution in [-0.2, 0) is 16.0 Å². The van der Waals surface area contributed by atoms with Crippen molar-refractivity contribution in [3.8, 4) is 0 Å². The second-order valence-corrected chi connectivity index (χ2v) is 9.40. The molecule has 1 aromatic heterocycles. The first kappa shape index (κ1) is 20.9. The third-order valence-corrected chi connectivity index (χ3v) is 6.93. The van der Waals surface area contributed by atoms with Gasteiger partial charge in [-0.25, -0.2) is 0 Å². The molecular formula is C22H29N5O2S. The standard InChI is InChI=1S/C22H29N5O2S/c1-16-7-10-26(11-8-16)12-9-23-21(29)18-14-20(28)27(15-18)22-25-24-19(30-22)13-17-5-3-2-4-6-17/h2-6,16,18H,7-15H2,1H3,(H,23,29). The maximum absolute atomic E-state index is 12.6. The van der Waals surface area contributed by atoms with Gasteiger partial charge in [0.05, 0.1) is 5.92 Å². The zero-order valence-corrected chi connectivity index (χ0v) is 18.2. The zero-order valence-electron chi connectivity index (χ0n) is 17.4. The number of likely N-dealkylation sites (tertiary alicyclic amines) is 1. The Morgan fingerprint density at radius 2 is 1.97 bits per heavy atom. The summed E-state index contributed by atoms with van der Waals surface area (Å²) in [5, 5.41) is 12.9. The predicted molar refractivity (Wildman–Crippen MR) is 117 cm³/mol. The highest BCUT2D eigenvalue weighted by molar-refractivity contribution is 7.15. The van der Waals surface area contributed by atoms with Crippen LogP contribution in [0.5, 0.6) is 0 Å². The number of rotatable bonds is 7. The number of piperidine rings is 1. The smallest absolute Gasteiger partial charge is 0.229 e. The predicted octanol–water partition coefficient (Wildman–Crippen LogP) is 2.33. The maximum atomic E-state index is 12.6. The van der Waals surface area contributed by atoms with Gasteiger partial charge in [-0.1, -0.05) is 48.6 Å². The molecule has 2 aliphatic rings. The van der Waals surface area contributed by atoms with E-state index >= 15 is 0 Å². The van der Waals surface area contributed by atoms with Crippen LogP contribution in [0.25, 0.3) is 0 Å². The Morgan fingerprint density at radius 1 is 1.20 bits per heavy atom. The average Bonchev–Trinajstić information content (AvgIpc) is 3.36. The minimum atomic E-state index is -0.319. The number of hydrogen-bond donors (Lipinski definition) is 1. The van der Waals surface area contributed by atoms with Gasteiger partial charge in [0.2, 0.25) is 16.9 Å². The lowest BCUT2D eigenvalue weighted by molar-refractivity contribution is -0.126. The van der Waals surface area contributed by atoms with E-state index in [0.717, 1.165) is 36.1 Å². The van der Waals surface area contributed by atoms with Crippen LogP contribution in [0.15, 0.2) is 30.3 Å². The fourth-order valence-electron chi connectivity index (χ4n) is 4.03. The van der Waals surface area contributed by atoms with Crippen LogP contribution in [0.2, 0.25) is 0 Å². The summed E-state index contributed by atoms with van der Waals surface area (Å²) in [7, 11) is 0. The molecule has 30 heavy (non-hydrogen) atoms. The molecule has 3 heterocycles. The lowest BCUT2D eigenvalue weighted by Gasteiger charge is -2.30. The number of nitrogens with one attached hydrogen (secondary N) is 1. The van der Waals surface area contributed by atoms with Crippen LogP contribution in [0.1, 0.15) is 36.8 Å². The molecule has 4 rings (SSSR count). The van der Waals surface area contributed by atoms with E-state index in [4.69, 9.17) is 0 Å². The third kappa shape index (κ3) is 5.23. The van der Waals surface area contributed by atoms with E-state index in [1.165, 1.54) is 24.2 Å². The number of nitrogens with zero attached hydrogens (tertiary/aromatic N) is 4. The molecule has 2 saturated heterocycles. The first-order chi connectivity index (χ1) is 14.6. The van der Waals surface area contributed by atoms with Crippen LogP contribution < -0.4 is 10.2 Å². The van der Waals surface area contributed by atoms with E-state index < -0.39 is 0 Å². The van der Waals surface area contributed by atoms with Crippen molar-refractivity contribution in [2.24, 2.45) is 11.8 Å². The van der Waals surface area contributed by atoms with Crippen molar-refractivity contribution in [2.45, 2.75) is 32.6 Å². The van der Waals surface area contributed by atoms with Crippen LogP contribution in [-0.4, -0.2) is 59.6 Å². The summed E-state index contributed by atoms with van der Waals surface area (Å²) in [6.07, 6.45) is 3.39. The number of aromatic nitrogens is 2. The molecule has 7 nitrogen and oxygen atoms in total. The number of amides is 2.